The van der Waals surface area contributed by atoms with E-state index in [1.165, 1.54) is 25.3 Å². The Hall–Kier alpha value is -4.19. The second-order valence-electron chi connectivity index (χ2n) is 9.11. The maximum absolute atomic E-state index is 13.9. The summed E-state index contributed by atoms with van der Waals surface area (Å²) in [6.45, 7) is 2.87. The van der Waals surface area contributed by atoms with Crippen molar-refractivity contribution in [1.82, 2.24) is 19.9 Å². The number of rotatable bonds is 8. The third kappa shape index (κ3) is 6.02. The van der Waals surface area contributed by atoms with E-state index in [0.717, 1.165) is 18.3 Å². The number of H-pyrrole nitrogens is 1. The Morgan fingerprint density at radius 2 is 1.84 bits per heavy atom. The number of nitrogens with zero attached hydrogens (tertiary/aromatic N) is 4. The summed E-state index contributed by atoms with van der Waals surface area (Å²) in [6, 6.07) is 8.98. The highest BCUT2D eigenvalue weighted by Gasteiger charge is 2.36. The molecule has 2 aromatic carbocycles. The van der Waals surface area contributed by atoms with Crippen LogP contribution in [0.2, 0.25) is 0 Å². The van der Waals surface area contributed by atoms with E-state index in [4.69, 9.17) is 0 Å². The van der Waals surface area contributed by atoms with Crippen molar-refractivity contribution in [2.24, 2.45) is 0 Å². The molecule has 0 unspecified atom stereocenters. The molecule has 0 aliphatic heterocycles. The van der Waals surface area contributed by atoms with Crippen LogP contribution in [0.25, 0.3) is 22.2 Å². The zero-order chi connectivity index (χ0) is 27.6. The number of fused-ring (bicyclic) bond motifs is 1. The molecule has 0 saturated carbocycles. The van der Waals surface area contributed by atoms with E-state index in [1.807, 2.05) is 30.9 Å². The highest BCUT2D eigenvalue weighted by molar-refractivity contribution is 5.96. The minimum absolute atomic E-state index is 0.0917. The van der Waals surface area contributed by atoms with E-state index >= 15 is 0 Å². The molecule has 2 heterocycles. The number of likely N-dealkylation sites (N-methyl/N-ethyl adjacent to an activating group) is 2. The topological polar surface area (TPSA) is 89.2 Å². The average molecular weight is 530 g/mol. The molecule has 3 N–H and O–H groups in total. The van der Waals surface area contributed by atoms with Crippen molar-refractivity contribution in [3.8, 4) is 11.3 Å². The summed E-state index contributed by atoms with van der Waals surface area (Å²) < 4.78 is 55.5. The van der Waals surface area contributed by atoms with Gasteiger partial charge in [-0.1, -0.05) is 0 Å². The third-order valence-electron chi connectivity index (χ3n) is 5.85. The van der Waals surface area contributed by atoms with Crippen molar-refractivity contribution in [1.29, 1.82) is 0 Å². The number of amides is 1. The molecule has 8 nitrogen and oxygen atoms in total. The monoisotopic (exact) mass is 529 g/mol. The molecule has 2 aromatic heterocycles. The van der Waals surface area contributed by atoms with E-state index < -0.39 is 23.3 Å². The van der Waals surface area contributed by atoms with Crippen LogP contribution in [0.15, 0.2) is 48.8 Å². The van der Waals surface area contributed by atoms with Gasteiger partial charge in [0.2, 0.25) is 11.9 Å². The second kappa shape index (κ2) is 10.7. The van der Waals surface area contributed by atoms with Gasteiger partial charge in [-0.3, -0.25) is 4.79 Å². The molecule has 200 valence electrons. The highest BCUT2D eigenvalue weighted by atomic mass is 19.4. The Morgan fingerprint density at radius 3 is 2.53 bits per heavy atom. The number of anilines is 4. The van der Waals surface area contributed by atoms with Crippen molar-refractivity contribution >= 4 is 39.8 Å². The predicted octanol–water partition coefficient (Wildman–Crippen LogP) is 5.48. The van der Waals surface area contributed by atoms with Crippen molar-refractivity contribution in [3.05, 3.63) is 60.2 Å². The third-order valence-corrected chi connectivity index (χ3v) is 5.85. The summed E-state index contributed by atoms with van der Waals surface area (Å²) in [5.41, 5.74) is 0.851. The molecule has 12 heteroatoms. The lowest BCUT2D eigenvalue weighted by molar-refractivity contribution is -0.137. The fourth-order valence-electron chi connectivity index (χ4n) is 3.98. The van der Waals surface area contributed by atoms with Gasteiger partial charge in [-0.15, -0.1) is 0 Å². The lowest BCUT2D eigenvalue weighted by Crippen LogP contribution is -2.29. The Bertz CT molecular complexity index is 1470. The molecule has 0 fully saturated rings. The number of halogens is 4. The summed E-state index contributed by atoms with van der Waals surface area (Å²) in [7, 11) is 5.81. The Kier molecular flexibility index (Phi) is 7.53. The zero-order valence-corrected chi connectivity index (χ0v) is 21.2. The van der Waals surface area contributed by atoms with Gasteiger partial charge in [0.1, 0.15) is 11.4 Å². The van der Waals surface area contributed by atoms with Crippen LogP contribution >= 0.6 is 0 Å². The smallest absolute Gasteiger partial charge is 0.372 e. The second-order valence-corrected chi connectivity index (χ2v) is 9.11. The minimum atomic E-state index is -4.73. The molecule has 0 radical (unpaired) electrons. The molecule has 0 saturated heterocycles. The van der Waals surface area contributed by atoms with Crippen LogP contribution in [-0.2, 0) is 11.0 Å². The highest BCUT2D eigenvalue weighted by Crippen LogP contribution is 2.39. The van der Waals surface area contributed by atoms with Gasteiger partial charge in [-0.05, 0) is 50.5 Å². The normalized spacial score (nSPS) is 11.7. The maximum atomic E-state index is 13.9. The van der Waals surface area contributed by atoms with Crippen LogP contribution in [0, 0.1) is 5.82 Å². The summed E-state index contributed by atoms with van der Waals surface area (Å²) >= 11 is 0. The van der Waals surface area contributed by atoms with Gasteiger partial charge in [-0.2, -0.15) is 13.2 Å². The predicted molar refractivity (Wildman–Crippen MR) is 140 cm³/mol. The first-order chi connectivity index (χ1) is 17.9. The molecule has 0 spiro atoms. The standard InChI is InChI=1S/C26H27F4N7O/c1-15(38)33-22-12-17(6-8-23(22)37(4)10-9-36(2)3)34-25-32-14-20(26(28,29)30)24(35-25)19-13-31-21-7-5-16(27)11-18(19)21/h5-8,11-14,31H,9-10H2,1-4H3,(H,33,38)(H,32,34,35). The number of benzene rings is 2. The zero-order valence-electron chi connectivity index (χ0n) is 21.2. The van der Waals surface area contributed by atoms with E-state index in [0.29, 0.717) is 29.6 Å². The fraction of sp³-hybridized carbons (Fsp3) is 0.269. The molecule has 4 aromatic rings. The summed E-state index contributed by atoms with van der Waals surface area (Å²) in [4.78, 5) is 26.8. The van der Waals surface area contributed by atoms with Gasteiger partial charge in [0.15, 0.2) is 0 Å². The first-order valence-electron chi connectivity index (χ1n) is 11.7. The first kappa shape index (κ1) is 26.9. The SMILES string of the molecule is CC(=O)Nc1cc(Nc2ncc(C(F)(F)F)c(-c3c[nH]c4ccc(F)cc34)n2)ccc1N(C)CCN(C)C. The van der Waals surface area contributed by atoms with Crippen molar-refractivity contribution in [2.75, 3.05) is 49.8 Å². The quantitative estimate of drug-likeness (QED) is 0.262. The van der Waals surface area contributed by atoms with Crippen molar-refractivity contribution < 1.29 is 22.4 Å². The number of hydrogen-bond donors (Lipinski definition) is 3. The number of hydrogen-bond acceptors (Lipinski definition) is 6. The van der Waals surface area contributed by atoms with Crippen molar-refractivity contribution in [2.45, 2.75) is 13.1 Å². The lowest BCUT2D eigenvalue weighted by atomic mass is 10.1. The molecule has 4 rings (SSSR count). The van der Waals surface area contributed by atoms with Gasteiger partial charge >= 0.3 is 6.18 Å². The molecular formula is C26H27F4N7O. The average Bonchev–Trinajstić information content (AvgIpc) is 3.24. The van der Waals surface area contributed by atoms with Gasteiger partial charge in [-0.25, -0.2) is 14.4 Å². The fourth-order valence-corrected chi connectivity index (χ4v) is 3.98. The van der Waals surface area contributed by atoms with Crippen LogP contribution in [0.4, 0.5) is 40.6 Å². The van der Waals surface area contributed by atoms with E-state index in [1.54, 1.807) is 18.2 Å². The van der Waals surface area contributed by atoms with E-state index in [2.05, 4.69) is 25.6 Å². The molecule has 38 heavy (non-hydrogen) atoms. The largest absolute Gasteiger partial charge is 0.419 e. The molecule has 0 aliphatic rings. The Morgan fingerprint density at radius 1 is 1.08 bits per heavy atom. The van der Waals surface area contributed by atoms with E-state index in [-0.39, 0.29) is 22.8 Å². The van der Waals surface area contributed by atoms with Crippen LogP contribution in [0.5, 0.6) is 0 Å². The number of aromatic amines is 1. The molecule has 0 atom stereocenters. The number of nitrogens with one attached hydrogen (secondary N) is 3. The molecular weight excluding hydrogens is 502 g/mol. The maximum Gasteiger partial charge on any atom is 0.419 e. The summed E-state index contributed by atoms with van der Waals surface area (Å²) in [5.74, 6) is -0.953. The number of alkyl halides is 3. The van der Waals surface area contributed by atoms with E-state index in [9.17, 15) is 22.4 Å². The Labute approximate surface area is 216 Å². The molecule has 0 aliphatic carbocycles. The van der Waals surface area contributed by atoms with Gasteiger partial charge < -0.3 is 25.4 Å². The van der Waals surface area contributed by atoms with Gasteiger partial charge in [0.05, 0.1) is 17.1 Å². The van der Waals surface area contributed by atoms with Crippen LogP contribution in [-0.4, -0.2) is 60.0 Å². The summed E-state index contributed by atoms with van der Waals surface area (Å²) in [5, 5.41) is 5.98. The minimum Gasteiger partial charge on any atom is -0.372 e. The van der Waals surface area contributed by atoms with Gasteiger partial charge in [0.25, 0.3) is 0 Å². The molecule has 0 bridgehead atoms. The van der Waals surface area contributed by atoms with Crippen LogP contribution < -0.4 is 15.5 Å². The Balaban J connectivity index is 1.72. The van der Waals surface area contributed by atoms with Crippen molar-refractivity contribution in [3.63, 3.8) is 0 Å². The first-order valence-corrected chi connectivity index (χ1v) is 11.7. The number of carbonyl (C=O) groups excluding carboxylic acids is 1. The van der Waals surface area contributed by atoms with Gasteiger partial charge in [0, 0.05) is 61.6 Å². The van der Waals surface area contributed by atoms with Crippen LogP contribution in [0.3, 0.4) is 0 Å². The molecule has 1 amide bonds. The number of aromatic nitrogens is 3. The lowest BCUT2D eigenvalue weighted by Gasteiger charge is -2.24. The number of carbonyl (C=O) groups is 1. The van der Waals surface area contributed by atoms with Crippen LogP contribution in [0.1, 0.15) is 12.5 Å². The summed E-state index contributed by atoms with van der Waals surface area (Å²) in [6.07, 6.45) is -2.68.